The maximum Gasteiger partial charge on any atom is 0.226 e. The molecule has 2 aromatic carbocycles. The molecule has 174 valence electrons. The number of anilines is 1. The lowest BCUT2D eigenvalue weighted by Crippen LogP contribution is -2.33. The van der Waals surface area contributed by atoms with Crippen LogP contribution in [0.25, 0.3) is 0 Å². The van der Waals surface area contributed by atoms with Crippen LogP contribution in [0.1, 0.15) is 55.1 Å². The molecule has 0 fully saturated rings. The van der Waals surface area contributed by atoms with Crippen LogP contribution in [0.5, 0.6) is 11.5 Å². The highest BCUT2D eigenvalue weighted by atomic mass is 35.5. The summed E-state index contributed by atoms with van der Waals surface area (Å²) in [5, 5.41) is 8.86. The fraction of sp³-hybridized carbons (Fsp3) is 0.346. The maximum atomic E-state index is 13.7. The zero-order chi connectivity index (χ0) is 23.2. The van der Waals surface area contributed by atoms with E-state index in [-0.39, 0.29) is 17.7 Å². The van der Waals surface area contributed by atoms with E-state index in [1.54, 1.807) is 0 Å². The minimum Gasteiger partial charge on any atom is -0.490 e. The van der Waals surface area contributed by atoms with E-state index in [2.05, 4.69) is 5.32 Å². The molecule has 3 aromatic rings. The molecule has 2 aliphatic heterocycles. The summed E-state index contributed by atoms with van der Waals surface area (Å²) in [6.45, 7) is 3.26. The van der Waals surface area contributed by atoms with E-state index in [9.17, 15) is 4.79 Å². The van der Waals surface area contributed by atoms with E-state index in [1.807, 2.05) is 54.1 Å². The largest absolute Gasteiger partial charge is 0.490 e. The first-order valence-electron chi connectivity index (χ1n) is 11.7. The van der Waals surface area contributed by atoms with Crippen molar-refractivity contribution in [2.45, 2.75) is 44.6 Å². The molecule has 34 heavy (non-hydrogen) atoms. The molecule has 1 N–H and O–H groups in total. The van der Waals surface area contributed by atoms with Crippen molar-refractivity contribution in [2.75, 3.05) is 18.5 Å². The van der Waals surface area contributed by atoms with E-state index in [1.165, 1.54) is 0 Å². The number of aromatic nitrogens is 3. The maximum absolute atomic E-state index is 13.7. The van der Waals surface area contributed by atoms with Gasteiger partial charge in [-0.3, -0.25) is 4.79 Å². The molecule has 8 heteroatoms. The van der Waals surface area contributed by atoms with Crippen molar-refractivity contribution in [3.63, 3.8) is 0 Å². The molecule has 3 aliphatic rings. The molecule has 0 bridgehead atoms. The number of allylic oxidation sites excluding steroid dienone is 2. The number of rotatable bonds is 3. The summed E-state index contributed by atoms with van der Waals surface area (Å²) in [6, 6.07) is 13.3. The Kier molecular flexibility index (Phi) is 5.29. The number of halogens is 1. The van der Waals surface area contributed by atoms with Gasteiger partial charge in [0.15, 0.2) is 23.1 Å². The summed E-state index contributed by atoms with van der Waals surface area (Å²) in [5.74, 6) is 3.04. The summed E-state index contributed by atoms with van der Waals surface area (Å²) in [7, 11) is 0. The second-order valence-electron chi connectivity index (χ2n) is 8.91. The van der Waals surface area contributed by atoms with Crippen molar-refractivity contribution in [1.82, 2.24) is 14.8 Å². The first-order chi connectivity index (χ1) is 16.6. The number of ether oxygens (including phenoxy) is 2. The van der Waals surface area contributed by atoms with Gasteiger partial charge in [0.05, 0.1) is 13.2 Å². The normalized spacial score (nSPS) is 21.4. The zero-order valence-electron chi connectivity index (χ0n) is 18.9. The Hall–Kier alpha value is -3.32. The Morgan fingerprint density at radius 1 is 1.06 bits per heavy atom. The van der Waals surface area contributed by atoms with Crippen molar-refractivity contribution < 1.29 is 14.3 Å². The smallest absolute Gasteiger partial charge is 0.226 e. The number of hydrogen-bond acceptors (Lipinski definition) is 6. The van der Waals surface area contributed by atoms with Gasteiger partial charge in [0.2, 0.25) is 5.95 Å². The van der Waals surface area contributed by atoms with Crippen LogP contribution in [0.4, 0.5) is 5.95 Å². The van der Waals surface area contributed by atoms with E-state index >= 15 is 0 Å². The third-order valence-corrected chi connectivity index (χ3v) is 6.96. The molecular weight excluding hydrogens is 452 g/mol. The van der Waals surface area contributed by atoms with Gasteiger partial charge in [-0.25, -0.2) is 4.68 Å². The molecule has 0 saturated heterocycles. The first-order valence-corrected chi connectivity index (χ1v) is 12.1. The fourth-order valence-corrected chi connectivity index (χ4v) is 5.16. The van der Waals surface area contributed by atoms with E-state index in [0.29, 0.717) is 42.8 Å². The molecule has 1 aromatic heterocycles. The number of nitrogens with one attached hydrogen (secondary N) is 1. The van der Waals surface area contributed by atoms with Crippen LogP contribution in [-0.4, -0.2) is 33.8 Å². The Labute approximate surface area is 202 Å². The number of carbonyl (C=O) groups is 1. The van der Waals surface area contributed by atoms with E-state index < -0.39 is 0 Å². The van der Waals surface area contributed by atoms with Gasteiger partial charge in [-0.15, -0.1) is 0 Å². The van der Waals surface area contributed by atoms with Gasteiger partial charge in [-0.05, 0) is 47.7 Å². The molecule has 2 atom stereocenters. The lowest BCUT2D eigenvalue weighted by molar-refractivity contribution is -0.116. The first kappa shape index (κ1) is 21.2. The molecule has 1 aliphatic carbocycles. The van der Waals surface area contributed by atoms with Crippen molar-refractivity contribution in [2.24, 2.45) is 0 Å². The van der Waals surface area contributed by atoms with Crippen LogP contribution in [0.2, 0.25) is 5.02 Å². The van der Waals surface area contributed by atoms with Gasteiger partial charge in [-0.2, -0.15) is 10.1 Å². The summed E-state index contributed by atoms with van der Waals surface area (Å²) in [5.41, 5.74) is 3.71. The van der Waals surface area contributed by atoms with Crippen LogP contribution in [0.3, 0.4) is 0 Å². The van der Waals surface area contributed by atoms with Gasteiger partial charge < -0.3 is 14.8 Å². The molecule has 0 radical (unpaired) electrons. The Morgan fingerprint density at radius 3 is 2.62 bits per heavy atom. The quantitative estimate of drug-likeness (QED) is 0.568. The van der Waals surface area contributed by atoms with Gasteiger partial charge in [0.1, 0.15) is 6.04 Å². The number of fused-ring (bicyclic) bond motifs is 2. The predicted octanol–water partition coefficient (Wildman–Crippen LogP) is 5.07. The average Bonchev–Trinajstić information content (AvgIpc) is 3.11. The average molecular weight is 477 g/mol. The Morgan fingerprint density at radius 2 is 1.82 bits per heavy atom. The van der Waals surface area contributed by atoms with Crippen molar-refractivity contribution >= 4 is 23.3 Å². The SMILES string of the molecule is CCc1nc2n(n1)C(c1ccc3c(c1)OCCCO3)C1=C(CC(c3ccc(Cl)cc3)CC1=O)N2. The molecule has 7 nitrogen and oxygen atoms in total. The third-order valence-electron chi connectivity index (χ3n) is 6.71. The predicted molar refractivity (Wildman–Crippen MR) is 129 cm³/mol. The summed E-state index contributed by atoms with van der Waals surface area (Å²) >= 11 is 6.08. The monoisotopic (exact) mass is 476 g/mol. The lowest BCUT2D eigenvalue weighted by atomic mass is 9.78. The van der Waals surface area contributed by atoms with Crippen molar-refractivity contribution in [1.29, 1.82) is 0 Å². The zero-order valence-corrected chi connectivity index (χ0v) is 19.6. The molecule has 0 spiro atoms. The summed E-state index contributed by atoms with van der Waals surface area (Å²) in [6.07, 6.45) is 2.71. The number of aryl methyl sites for hydroxylation is 1. The number of benzene rings is 2. The second kappa shape index (κ2) is 8.47. The number of carbonyl (C=O) groups excluding carboxylic acids is 1. The summed E-state index contributed by atoms with van der Waals surface area (Å²) in [4.78, 5) is 18.3. The highest BCUT2D eigenvalue weighted by molar-refractivity contribution is 6.30. The van der Waals surface area contributed by atoms with Gasteiger partial charge in [-0.1, -0.05) is 36.7 Å². The molecule has 0 amide bonds. The minimum absolute atomic E-state index is 0.0839. The molecular formula is C26H25ClN4O3. The van der Waals surface area contributed by atoms with Crippen molar-refractivity contribution in [3.05, 3.63) is 75.7 Å². The lowest BCUT2D eigenvalue weighted by Gasteiger charge is -2.35. The standard InChI is InChI=1S/C26H25ClN4O3/c1-2-23-29-26-28-19-12-17(15-4-7-18(27)8-5-15)13-20(32)24(19)25(31(26)30-23)16-6-9-21-22(14-16)34-11-3-10-33-21/h4-9,14,17,25H,2-3,10-13H2,1H3,(H,28,29,30). The van der Waals surface area contributed by atoms with Crippen LogP contribution >= 0.6 is 11.6 Å². The topological polar surface area (TPSA) is 78.3 Å². The van der Waals surface area contributed by atoms with Crippen LogP contribution in [-0.2, 0) is 11.2 Å². The fourth-order valence-electron chi connectivity index (χ4n) is 5.03. The third kappa shape index (κ3) is 3.64. The van der Waals surface area contributed by atoms with E-state index in [4.69, 9.17) is 31.2 Å². The van der Waals surface area contributed by atoms with Gasteiger partial charge in [0, 0.05) is 35.6 Å². The molecule has 0 saturated carbocycles. The van der Waals surface area contributed by atoms with E-state index in [0.717, 1.165) is 46.8 Å². The van der Waals surface area contributed by atoms with Gasteiger partial charge >= 0.3 is 0 Å². The van der Waals surface area contributed by atoms with Crippen LogP contribution in [0, 0.1) is 0 Å². The Bertz CT molecular complexity index is 1300. The molecule has 2 unspecified atom stereocenters. The summed E-state index contributed by atoms with van der Waals surface area (Å²) < 4.78 is 13.6. The van der Waals surface area contributed by atoms with Crippen LogP contribution in [0.15, 0.2) is 53.7 Å². The van der Waals surface area contributed by atoms with Gasteiger partial charge in [0.25, 0.3) is 0 Å². The highest BCUT2D eigenvalue weighted by Crippen LogP contribution is 2.45. The molecule has 3 heterocycles. The minimum atomic E-state index is -0.366. The van der Waals surface area contributed by atoms with Crippen molar-refractivity contribution in [3.8, 4) is 11.5 Å². The number of Topliss-reactive ketones (excluding diaryl/α,β-unsaturated/α-hetero) is 1. The highest BCUT2D eigenvalue weighted by Gasteiger charge is 2.40. The number of hydrogen-bond donors (Lipinski definition) is 1. The molecule has 6 rings (SSSR count). The van der Waals surface area contributed by atoms with Crippen LogP contribution < -0.4 is 14.8 Å². The number of ketones is 1. The number of nitrogens with zero attached hydrogens (tertiary/aromatic N) is 3. The second-order valence-corrected chi connectivity index (χ2v) is 9.34. The Balaban J connectivity index is 1.44.